The fourth-order valence-electron chi connectivity index (χ4n) is 1.56. The van der Waals surface area contributed by atoms with Gasteiger partial charge in [0.25, 0.3) is 12.1 Å². The summed E-state index contributed by atoms with van der Waals surface area (Å²) in [4.78, 5) is 25.0. The first-order chi connectivity index (χ1) is 8.86. The molecular weight excluding hydrogens is 262 g/mol. The van der Waals surface area contributed by atoms with Gasteiger partial charge in [0.1, 0.15) is 5.69 Å². The number of nitrogens with zero attached hydrogens (tertiary/aromatic N) is 2. The van der Waals surface area contributed by atoms with Crippen molar-refractivity contribution < 1.29 is 23.2 Å². The second kappa shape index (κ2) is 6.17. The largest absolute Gasteiger partial charge is 0.466 e. The number of carbonyl (C=O) groups is 1. The second-order valence-electron chi connectivity index (χ2n) is 3.67. The van der Waals surface area contributed by atoms with Crippen molar-refractivity contribution in [3.63, 3.8) is 0 Å². The lowest BCUT2D eigenvalue weighted by molar-refractivity contribution is -0.385. The quantitative estimate of drug-likeness (QED) is 0.467. The molecular formula is C11H12F2N2O4. The van der Waals surface area contributed by atoms with E-state index in [1.54, 1.807) is 6.92 Å². The molecule has 0 aliphatic rings. The Morgan fingerprint density at radius 3 is 2.68 bits per heavy atom. The Hall–Kier alpha value is -2.12. The summed E-state index contributed by atoms with van der Waals surface area (Å²) in [5, 5.41) is 10.9. The van der Waals surface area contributed by atoms with E-state index in [1.807, 2.05) is 0 Å². The number of aromatic nitrogens is 1. The van der Waals surface area contributed by atoms with Crippen molar-refractivity contribution in [3.8, 4) is 0 Å². The van der Waals surface area contributed by atoms with E-state index in [0.717, 1.165) is 0 Å². The van der Waals surface area contributed by atoms with E-state index in [4.69, 9.17) is 0 Å². The van der Waals surface area contributed by atoms with Gasteiger partial charge < -0.3 is 4.74 Å². The zero-order valence-electron chi connectivity index (χ0n) is 10.4. The van der Waals surface area contributed by atoms with Gasteiger partial charge in [-0.15, -0.1) is 0 Å². The fraction of sp³-hybridized carbons (Fsp3) is 0.455. The number of aryl methyl sites for hydroxylation is 1. The number of halogens is 2. The van der Waals surface area contributed by atoms with Crippen LogP contribution in [0.25, 0.3) is 0 Å². The Morgan fingerprint density at radius 2 is 2.21 bits per heavy atom. The van der Waals surface area contributed by atoms with Gasteiger partial charge in [0.05, 0.1) is 23.5 Å². The smallest absolute Gasteiger partial charge is 0.310 e. The van der Waals surface area contributed by atoms with Crippen LogP contribution in [0, 0.1) is 17.0 Å². The minimum Gasteiger partial charge on any atom is -0.466 e. The summed E-state index contributed by atoms with van der Waals surface area (Å²) in [6, 6.07) is 0.687. The molecule has 1 aromatic rings. The average Bonchev–Trinajstić information content (AvgIpc) is 2.31. The molecule has 0 amide bonds. The van der Waals surface area contributed by atoms with Gasteiger partial charge in [0.15, 0.2) is 0 Å². The summed E-state index contributed by atoms with van der Waals surface area (Å²) in [7, 11) is 0. The minimum atomic E-state index is -2.91. The zero-order chi connectivity index (χ0) is 14.6. The Morgan fingerprint density at radius 1 is 1.58 bits per heavy atom. The van der Waals surface area contributed by atoms with Gasteiger partial charge in [-0.1, -0.05) is 0 Å². The van der Waals surface area contributed by atoms with Crippen molar-refractivity contribution in [2.24, 2.45) is 0 Å². The maximum Gasteiger partial charge on any atom is 0.310 e. The maximum atomic E-state index is 12.5. The van der Waals surface area contributed by atoms with Gasteiger partial charge >= 0.3 is 5.97 Å². The molecule has 0 atom stereocenters. The molecule has 1 aromatic heterocycles. The number of nitro groups is 1. The van der Waals surface area contributed by atoms with Crippen LogP contribution in [0.4, 0.5) is 14.5 Å². The molecule has 1 rings (SSSR count). The highest BCUT2D eigenvalue weighted by atomic mass is 19.3. The molecule has 0 unspecified atom stereocenters. The monoisotopic (exact) mass is 274 g/mol. The molecule has 104 valence electrons. The van der Waals surface area contributed by atoms with Gasteiger partial charge in [-0.05, 0) is 13.8 Å². The summed E-state index contributed by atoms with van der Waals surface area (Å²) in [5.41, 5.74) is -1.21. The number of esters is 1. The normalized spacial score (nSPS) is 10.6. The van der Waals surface area contributed by atoms with Crippen molar-refractivity contribution >= 4 is 11.7 Å². The molecule has 0 bridgehead atoms. The van der Waals surface area contributed by atoms with E-state index in [2.05, 4.69) is 9.72 Å². The first-order valence-corrected chi connectivity index (χ1v) is 5.45. The molecule has 6 nitrogen and oxygen atoms in total. The Balaban J connectivity index is 3.22. The first-order valence-electron chi connectivity index (χ1n) is 5.45. The van der Waals surface area contributed by atoms with Crippen molar-refractivity contribution in [1.29, 1.82) is 0 Å². The van der Waals surface area contributed by atoms with Gasteiger partial charge in [-0.25, -0.2) is 8.78 Å². The molecule has 0 N–H and O–H groups in total. The van der Waals surface area contributed by atoms with Crippen LogP contribution in [0.15, 0.2) is 6.07 Å². The van der Waals surface area contributed by atoms with Crippen molar-refractivity contribution in [2.75, 3.05) is 6.61 Å². The molecule has 0 radical (unpaired) electrons. The number of pyridine rings is 1. The highest BCUT2D eigenvalue weighted by molar-refractivity contribution is 5.74. The van der Waals surface area contributed by atoms with Crippen LogP contribution in [0.5, 0.6) is 0 Å². The third-order valence-electron chi connectivity index (χ3n) is 2.37. The first kappa shape index (κ1) is 14.9. The molecule has 0 aromatic carbocycles. The second-order valence-corrected chi connectivity index (χ2v) is 3.67. The number of rotatable bonds is 5. The molecule has 0 aliphatic carbocycles. The van der Waals surface area contributed by atoms with Crippen LogP contribution in [0.1, 0.15) is 30.3 Å². The van der Waals surface area contributed by atoms with Crippen molar-refractivity contribution in [2.45, 2.75) is 26.7 Å². The number of alkyl halides is 2. The lowest BCUT2D eigenvalue weighted by Crippen LogP contribution is -2.12. The average molecular weight is 274 g/mol. The van der Waals surface area contributed by atoms with Crippen LogP contribution < -0.4 is 0 Å². The van der Waals surface area contributed by atoms with Gasteiger partial charge in [0, 0.05) is 11.8 Å². The van der Waals surface area contributed by atoms with E-state index < -0.39 is 28.7 Å². The van der Waals surface area contributed by atoms with Crippen LogP contribution in [-0.4, -0.2) is 22.5 Å². The predicted molar refractivity (Wildman–Crippen MR) is 60.9 cm³/mol. The maximum absolute atomic E-state index is 12.5. The molecule has 0 spiro atoms. The Kier molecular flexibility index (Phi) is 4.85. The van der Waals surface area contributed by atoms with Gasteiger partial charge in [-0.3, -0.25) is 19.9 Å². The zero-order valence-corrected chi connectivity index (χ0v) is 10.4. The highest BCUT2D eigenvalue weighted by Crippen LogP contribution is 2.27. The number of carbonyl (C=O) groups excluding carboxylic acids is 1. The summed E-state index contributed by atoms with van der Waals surface area (Å²) in [6.45, 7) is 3.07. The molecule has 1 heterocycles. The van der Waals surface area contributed by atoms with Crippen LogP contribution in [-0.2, 0) is 16.0 Å². The molecule has 0 aliphatic heterocycles. The topological polar surface area (TPSA) is 82.3 Å². The third-order valence-corrected chi connectivity index (χ3v) is 2.37. The standard InChI is InChI=1S/C11H12F2N2O4/c1-3-19-10(16)4-7-6(2)14-8(11(12)13)5-9(7)15(17)18/h5,11H,3-4H2,1-2H3. The fourth-order valence-corrected chi connectivity index (χ4v) is 1.56. The van der Waals surface area contributed by atoms with E-state index in [9.17, 15) is 23.7 Å². The summed E-state index contributed by atoms with van der Waals surface area (Å²) < 4.78 is 29.7. The lowest BCUT2D eigenvalue weighted by Gasteiger charge is -2.08. The Bertz CT molecular complexity index is 506. The molecule has 0 fully saturated rings. The van der Waals surface area contributed by atoms with Crippen LogP contribution >= 0.6 is 0 Å². The number of hydrogen-bond acceptors (Lipinski definition) is 5. The molecule has 0 saturated heterocycles. The van der Waals surface area contributed by atoms with E-state index >= 15 is 0 Å². The summed E-state index contributed by atoms with van der Waals surface area (Å²) >= 11 is 0. The number of hydrogen-bond donors (Lipinski definition) is 0. The Labute approximate surface area is 107 Å². The lowest BCUT2D eigenvalue weighted by atomic mass is 10.1. The number of ether oxygens (including phenoxy) is 1. The predicted octanol–water partition coefficient (Wildman–Crippen LogP) is 2.34. The third kappa shape index (κ3) is 3.67. The van der Waals surface area contributed by atoms with Crippen molar-refractivity contribution in [3.05, 3.63) is 33.1 Å². The SMILES string of the molecule is CCOC(=O)Cc1c([N+](=O)[O-])cc(C(F)F)nc1C. The van der Waals surface area contributed by atoms with Crippen LogP contribution in [0.3, 0.4) is 0 Å². The highest BCUT2D eigenvalue weighted by Gasteiger charge is 2.24. The molecule has 8 heteroatoms. The van der Waals surface area contributed by atoms with Crippen molar-refractivity contribution in [1.82, 2.24) is 4.98 Å². The van der Waals surface area contributed by atoms with Gasteiger partial charge in [0.2, 0.25) is 0 Å². The minimum absolute atomic E-state index is 0.00662. The van der Waals surface area contributed by atoms with Gasteiger partial charge in [-0.2, -0.15) is 0 Å². The summed E-state index contributed by atoms with van der Waals surface area (Å²) in [6.07, 6.45) is -3.28. The van der Waals surface area contributed by atoms with E-state index in [-0.39, 0.29) is 24.3 Å². The van der Waals surface area contributed by atoms with E-state index in [1.165, 1.54) is 6.92 Å². The van der Waals surface area contributed by atoms with Crippen LogP contribution in [0.2, 0.25) is 0 Å². The molecule has 19 heavy (non-hydrogen) atoms. The summed E-state index contributed by atoms with van der Waals surface area (Å²) in [5.74, 6) is -0.666. The molecule has 0 saturated carbocycles. The van der Waals surface area contributed by atoms with E-state index in [0.29, 0.717) is 6.07 Å².